The van der Waals surface area contributed by atoms with Gasteiger partial charge >= 0.3 is 0 Å². The van der Waals surface area contributed by atoms with Gasteiger partial charge in [0.05, 0.1) is 3.57 Å². The predicted octanol–water partition coefficient (Wildman–Crippen LogP) is 4.33. The first-order chi connectivity index (χ1) is 11.5. The van der Waals surface area contributed by atoms with Gasteiger partial charge in [-0.3, -0.25) is 4.90 Å². The van der Waals surface area contributed by atoms with Crippen molar-refractivity contribution in [2.45, 2.75) is 19.4 Å². The molecular weight excluding hydrogens is 634 g/mol. The molecule has 2 aliphatic heterocycles. The first kappa shape index (κ1) is 28.2. The van der Waals surface area contributed by atoms with Crippen LogP contribution in [-0.2, 0) is 6.54 Å². The Kier molecular flexibility index (Phi) is 14.1. The maximum absolute atomic E-state index is 10.3. The summed E-state index contributed by atoms with van der Waals surface area (Å²) >= 11 is 4.56. The molecule has 2 aliphatic rings. The van der Waals surface area contributed by atoms with Crippen molar-refractivity contribution in [2.75, 3.05) is 52.9 Å². The number of benzene rings is 1. The molecule has 27 heavy (non-hydrogen) atoms. The lowest BCUT2D eigenvalue weighted by Gasteiger charge is -2.38. The summed E-state index contributed by atoms with van der Waals surface area (Å²) in [6.07, 6.45) is 2.57. The minimum Gasteiger partial charge on any atom is -0.507 e. The van der Waals surface area contributed by atoms with Gasteiger partial charge < -0.3 is 14.9 Å². The molecule has 1 aromatic rings. The van der Waals surface area contributed by atoms with Crippen molar-refractivity contribution >= 4 is 82.4 Å². The molecule has 0 amide bonds. The number of likely N-dealkylation sites (tertiary alicyclic amines) is 1. The van der Waals surface area contributed by atoms with E-state index in [-0.39, 0.29) is 37.2 Å². The molecule has 0 bridgehead atoms. The number of likely N-dealkylation sites (N-methyl/N-ethyl adjacent to an activating group) is 1. The molecule has 1 aromatic carbocycles. The summed E-state index contributed by atoms with van der Waals surface area (Å²) < 4.78 is 2.16. The highest BCUT2D eigenvalue weighted by Crippen LogP contribution is 2.29. The van der Waals surface area contributed by atoms with E-state index in [0.29, 0.717) is 5.75 Å². The average molecular weight is 665 g/mol. The van der Waals surface area contributed by atoms with E-state index in [1.807, 2.05) is 6.07 Å². The van der Waals surface area contributed by atoms with Crippen LogP contribution in [0.15, 0.2) is 12.1 Å². The van der Waals surface area contributed by atoms with Crippen LogP contribution in [0.25, 0.3) is 0 Å². The molecule has 1 N–H and O–H groups in total. The van der Waals surface area contributed by atoms with Crippen molar-refractivity contribution in [3.8, 4) is 5.75 Å². The first-order valence-electron chi connectivity index (χ1n) is 8.81. The van der Waals surface area contributed by atoms with E-state index in [0.717, 1.165) is 34.7 Å². The van der Waals surface area contributed by atoms with Crippen molar-refractivity contribution in [1.82, 2.24) is 14.7 Å². The Labute approximate surface area is 209 Å². The van der Waals surface area contributed by atoms with Gasteiger partial charge in [0.25, 0.3) is 0 Å². The van der Waals surface area contributed by atoms with Crippen LogP contribution in [0.1, 0.15) is 18.4 Å². The Bertz CT molecular complexity index is 567. The number of hydrogen-bond acceptors (Lipinski definition) is 4. The van der Waals surface area contributed by atoms with Gasteiger partial charge in [0.1, 0.15) is 5.75 Å². The zero-order valence-electron chi connectivity index (χ0n) is 15.6. The van der Waals surface area contributed by atoms with Crippen LogP contribution >= 0.6 is 82.4 Å². The van der Waals surface area contributed by atoms with Gasteiger partial charge in [-0.05, 0) is 96.2 Å². The van der Waals surface area contributed by atoms with Gasteiger partial charge in [-0.1, -0.05) is 0 Å². The number of piperazine rings is 1. The fourth-order valence-electron chi connectivity index (χ4n) is 3.70. The molecule has 0 atom stereocenters. The number of rotatable bonds is 4. The molecule has 2 fully saturated rings. The molecule has 3 rings (SSSR count). The third-order valence-electron chi connectivity index (χ3n) is 5.32. The molecule has 0 aromatic heterocycles. The van der Waals surface area contributed by atoms with Crippen molar-refractivity contribution < 1.29 is 5.11 Å². The second-order valence-corrected chi connectivity index (χ2v) is 9.63. The molecular formula is C18H30Cl3I2N3O. The second kappa shape index (κ2) is 13.5. The quantitative estimate of drug-likeness (QED) is 0.486. The fourth-order valence-corrected chi connectivity index (χ4v) is 5.67. The highest BCUT2D eigenvalue weighted by molar-refractivity contribution is 14.1. The lowest BCUT2D eigenvalue weighted by Crippen LogP contribution is -2.47. The van der Waals surface area contributed by atoms with Crippen LogP contribution < -0.4 is 0 Å². The molecule has 9 heteroatoms. The number of phenolic OH excluding ortho intramolecular Hbond substituents is 1. The Morgan fingerprint density at radius 3 is 2.11 bits per heavy atom. The maximum atomic E-state index is 10.3. The number of halogens is 5. The Balaban J connectivity index is 0.00000225. The lowest BCUT2D eigenvalue weighted by molar-refractivity contribution is 0.103. The smallest absolute Gasteiger partial charge is 0.133 e. The van der Waals surface area contributed by atoms with Crippen molar-refractivity contribution in [1.29, 1.82) is 0 Å². The summed E-state index contributed by atoms with van der Waals surface area (Å²) in [5.74, 6) is 1.31. The largest absolute Gasteiger partial charge is 0.507 e. The van der Waals surface area contributed by atoms with Crippen LogP contribution in [0.2, 0.25) is 0 Å². The van der Waals surface area contributed by atoms with Crippen molar-refractivity contribution in [2.24, 2.45) is 5.92 Å². The zero-order chi connectivity index (χ0) is 17.1. The summed E-state index contributed by atoms with van der Waals surface area (Å²) in [4.78, 5) is 7.57. The number of piperidine rings is 1. The van der Waals surface area contributed by atoms with Gasteiger partial charge in [0, 0.05) is 48.4 Å². The number of nitrogens with zero attached hydrogens (tertiary/aromatic N) is 3. The molecule has 158 valence electrons. The highest BCUT2D eigenvalue weighted by atomic mass is 127. The SMILES string of the molecule is CN1CCN(CC2CCN(Cc3cc(I)cc(I)c3O)CC2)CC1.Cl.Cl.Cl. The Hall–Kier alpha value is 1.23. The van der Waals surface area contributed by atoms with Crippen molar-refractivity contribution in [3.63, 3.8) is 0 Å². The molecule has 0 radical (unpaired) electrons. The highest BCUT2D eigenvalue weighted by Gasteiger charge is 2.23. The Morgan fingerprint density at radius 2 is 1.52 bits per heavy atom. The fraction of sp³-hybridized carbons (Fsp3) is 0.667. The van der Waals surface area contributed by atoms with Crippen molar-refractivity contribution in [3.05, 3.63) is 24.8 Å². The number of phenols is 1. The van der Waals surface area contributed by atoms with Crippen LogP contribution in [0, 0.1) is 13.1 Å². The van der Waals surface area contributed by atoms with E-state index in [9.17, 15) is 5.11 Å². The van der Waals surface area contributed by atoms with Crippen LogP contribution in [-0.4, -0.2) is 72.7 Å². The number of hydrogen-bond donors (Lipinski definition) is 1. The standard InChI is InChI=1S/C18H27I2N3O.3ClH/c1-21-6-8-23(9-7-21)12-14-2-4-22(5-3-14)13-15-10-16(19)11-17(20)18(15)24;;;/h10-11,14,24H,2-9,12-13H2,1H3;3*1H. The minimum absolute atomic E-state index is 0. The van der Waals surface area contributed by atoms with Gasteiger partial charge in [0.15, 0.2) is 0 Å². The molecule has 0 spiro atoms. The maximum Gasteiger partial charge on any atom is 0.133 e. The monoisotopic (exact) mass is 663 g/mol. The van der Waals surface area contributed by atoms with E-state index in [1.54, 1.807) is 0 Å². The van der Waals surface area contributed by atoms with Crippen LogP contribution in [0.3, 0.4) is 0 Å². The normalized spacial score (nSPS) is 19.7. The van der Waals surface area contributed by atoms with Crippen LogP contribution in [0.5, 0.6) is 5.75 Å². The van der Waals surface area contributed by atoms with E-state index >= 15 is 0 Å². The van der Waals surface area contributed by atoms with Gasteiger partial charge in [-0.15, -0.1) is 37.2 Å². The molecule has 0 aliphatic carbocycles. The summed E-state index contributed by atoms with van der Waals surface area (Å²) in [5, 5.41) is 10.3. The molecule has 0 saturated carbocycles. The summed E-state index contributed by atoms with van der Waals surface area (Å²) in [6, 6.07) is 4.15. The van der Waals surface area contributed by atoms with E-state index in [2.05, 4.69) is 73.0 Å². The second-order valence-electron chi connectivity index (χ2n) is 7.22. The van der Waals surface area contributed by atoms with E-state index < -0.39 is 0 Å². The topological polar surface area (TPSA) is 30.0 Å². The summed E-state index contributed by atoms with van der Waals surface area (Å²) in [6.45, 7) is 9.33. The molecule has 2 heterocycles. The summed E-state index contributed by atoms with van der Waals surface area (Å²) in [7, 11) is 2.22. The third-order valence-corrected chi connectivity index (χ3v) is 6.77. The van der Waals surface area contributed by atoms with E-state index in [4.69, 9.17) is 0 Å². The minimum atomic E-state index is 0. The Morgan fingerprint density at radius 1 is 0.926 bits per heavy atom. The molecule has 2 saturated heterocycles. The summed E-state index contributed by atoms with van der Waals surface area (Å²) in [5.41, 5.74) is 1.07. The number of aromatic hydroxyl groups is 1. The first-order valence-corrected chi connectivity index (χ1v) is 11.0. The average Bonchev–Trinajstić information content (AvgIpc) is 2.56. The molecule has 0 unspecified atom stereocenters. The van der Waals surface area contributed by atoms with Gasteiger partial charge in [0.2, 0.25) is 0 Å². The zero-order valence-corrected chi connectivity index (χ0v) is 22.3. The van der Waals surface area contributed by atoms with Gasteiger partial charge in [-0.2, -0.15) is 0 Å². The lowest BCUT2D eigenvalue weighted by atomic mass is 9.95. The van der Waals surface area contributed by atoms with Crippen LogP contribution in [0.4, 0.5) is 0 Å². The third kappa shape index (κ3) is 8.47. The van der Waals surface area contributed by atoms with Gasteiger partial charge in [-0.25, -0.2) is 0 Å². The molecule has 4 nitrogen and oxygen atoms in total. The van der Waals surface area contributed by atoms with E-state index in [1.165, 1.54) is 49.1 Å². The predicted molar refractivity (Wildman–Crippen MR) is 137 cm³/mol.